The number of nitrogens with two attached hydrogens (primary N) is 1. The summed E-state index contributed by atoms with van der Waals surface area (Å²) < 4.78 is 49.3. The normalized spacial score (nSPS) is 26.9. The number of alkyl halides is 3. The van der Waals surface area contributed by atoms with Crippen molar-refractivity contribution < 1.29 is 22.6 Å². The SMILES string of the molecule is CC1(Cc2cccc(C(F)(F)F)c2)OCC(CCN)O1. The molecule has 112 valence electrons. The third kappa shape index (κ3) is 3.71. The summed E-state index contributed by atoms with van der Waals surface area (Å²) in [5.74, 6) is -0.885. The van der Waals surface area contributed by atoms with Gasteiger partial charge in [0.05, 0.1) is 18.3 Å². The highest BCUT2D eigenvalue weighted by atomic mass is 19.4. The van der Waals surface area contributed by atoms with Crippen molar-refractivity contribution in [1.29, 1.82) is 0 Å². The van der Waals surface area contributed by atoms with Crippen LogP contribution in [0.15, 0.2) is 24.3 Å². The number of benzene rings is 1. The van der Waals surface area contributed by atoms with Crippen molar-refractivity contribution in [2.24, 2.45) is 5.73 Å². The summed E-state index contributed by atoms with van der Waals surface area (Å²) in [4.78, 5) is 0. The summed E-state index contributed by atoms with van der Waals surface area (Å²) in [5, 5.41) is 0. The quantitative estimate of drug-likeness (QED) is 0.927. The van der Waals surface area contributed by atoms with Crippen molar-refractivity contribution in [3.05, 3.63) is 35.4 Å². The number of hydrogen-bond donors (Lipinski definition) is 1. The van der Waals surface area contributed by atoms with Gasteiger partial charge in [0, 0.05) is 6.42 Å². The van der Waals surface area contributed by atoms with E-state index >= 15 is 0 Å². The van der Waals surface area contributed by atoms with E-state index in [2.05, 4.69) is 0 Å². The second-order valence-corrected chi connectivity index (χ2v) is 5.14. The minimum absolute atomic E-state index is 0.0872. The first kappa shape index (κ1) is 15.3. The Hall–Kier alpha value is -1.11. The lowest BCUT2D eigenvalue weighted by Gasteiger charge is -2.23. The molecular weight excluding hydrogens is 271 g/mol. The lowest BCUT2D eigenvalue weighted by Crippen LogP contribution is -2.30. The highest BCUT2D eigenvalue weighted by Crippen LogP contribution is 2.32. The molecule has 2 atom stereocenters. The first-order valence-electron chi connectivity index (χ1n) is 6.50. The van der Waals surface area contributed by atoms with Crippen LogP contribution in [0.1, 0.15) is 24.5 Å². The molecular formula is C14H18F3NO2. The summed E-state index contributed by atoms with van der Waals surface area (Å²) in [6, 6.07) is 5.23. The van der Waals surface area contributed by atoms with Crippen molar-refractivity contribution in [1.82, 2.24) is 0 Å². The predicted octanol–water partition coefficient (Wildman–Crippen LogP) is 2.73. The molecule has 0 aliphatic carbocycles. The minimum atomic E-state index is -4.34. The van der Waals surface area contributed by atoms with E-state index in [9.17, 15) is 13.2 Å². The Morgan fingerprint density at radius 2 is 2.15 bits per heavy atom. The van der Waals surface area contributed by atoms with Crippen molar-refractivity contribution in [2.75, 3.05) is 13.2 Å². The summed E-state index contributed by atoms with van der Waals surface area (Å²) in [6.45, 7) is 2.66. The molecule has 20 heavy (non-hydrogen) atoms. The molecule has 1 fully saturated rings. The van der Waals surface area contributed by atoms with E-state index in [4.69, 9.17) is 15.2 Å². The average molecular weight is 289 g/mol. The summed E-state index contributed by atoms with van der Waals surface area (Å²) in [5.41, 5.74) is 5.34. The molecule has 1 aliphatic heterocycles. The van der Waals surface area contributed by atoms with Gasteiger partial charge in [-0.2, -0.15) is 13.2 Å². The fraction of sp³-hybridized carbons (Fsp3) is 0.571. The molecule has 2 unspecified atom stereocenters. The molecule has 0 radical (unpaired) electrons. The van der Waals surface area contributed by atoms with Crippen LogP contribution < -0.4 is 5.73 Å². The van der Waals surface area contributed by atoms with Crippen LogP contribution in [0.25, 0.3) is 0 Å². The van der Waals surface area contributed by atoms with Crippen LogP contribution in [-0.4, -0.2) is 25.0 Å². The van der Waals surface area contributed by atoms with Crippen molar-refractivity contribution >= 4 is 0 Å². The standard InChI is InChI=1S/C14H18F3NO2/c1-13(19-9-12(20-13)5-6-18)8-10-3-2-4-11(7-10)14(15,16)17/h2-4,7,12H,5-6,8-9,18H2,1H3. The zero-order chi connectivity index (χ0) is 14.8. The summed E-state index contributed by atoms with van der Waals surface area (Å²) in [7, 11) is 0. The van der Waals surface area contributed by atoms with Gasteiger partial charge in [-0.25, -0.2) is 0 Å². The zero-order valence-corrected chi connectivity index (χ0v) is 11.2. The Kier molecular flexibility index (Phi) is 4.36. The highest BCUT2D eigenvalue weighted by Gasteiger charge is 2.37. The van der Waals surface area contributed by atoms with Crippen molar-refractivity contribution in [2.45, 2.75) is 37.8 Å². The van der Waals surface area contributed by atoms with Gasteiger partial charge in [0.1, 0.15) is 0 Å². The fourth-order valence-corrected chi connectivity index (χ4v) is 2.34. The van der Waals surface area contributed by atoms with E-state index in [0.29, 0.717) is 25.1 Å². The maximum Gasteiger partial charge on any atom is 0.416 e. The van der Waals surface area contributed by atoms with Gasteiger partial charge in [-0.1, -0.05) is 18.2 Å². The number of rotatable bonds is 4. The molecule has 0 saturated carbocycles. The molecule has 3 nitrogen and oxygen atoms in total. The van der Waals surface area contributed by atoms with Gasteiger partial charge in [-0.15, -0.1) is 0 Å². The number of hydrogen-bond acceptors (Lipinski definition) is 3. The van der Waals surface area contributed by atoms with Crippen molar-refractivity contribution in [3.8, 4) is 0 Å². The molecule has 6 heteroatoms. The van der Waals surface area contributed by atoms with Crippen molar-refractivity contribution in [3.63, 3.8) is 0 Å². The summed E-state index contributed by atoms with van der Waals surface area (Å²) >= 11 is 0. The van der Waals surface area contributed by atoms with Gasteiger partial charge in [0.15, 0.2) is 5.79 Å². The van der Waals surface area contributed by atoms with E-state index in [1.165, 1.54) is 6.07 Å². The van der Waals surface area contributed by atoms with Crippen LogP contribution in [0, 0.1) is 0 Å². The van der Waals surface area contributed by atoms with Gasteiger partial charge >= 0.3 is 6.18 Å². The molecule has 0 spiro atoms. The van der Waals surface area contributed by atoms with E-state index in [1.54, 1.807) is 13.0 Å². The third-order valence-corrected chi connectivity index (χ3v) is 3.26. The van der Waals surface area contributed by atoms with Gasteiger partial charge in [-0.3, -0.25) is 0 Å². The Morgan fingerprint density at radius 1 is 1.40 bits per heavy atom. The number of halogens is 3. The number of ether oxygens (including phenoxy) is 2. The largest absolute Gasteiger partial charge is 0.416 e. The van der Waals surface area contributed by atoms with E-state index < -0.39 is 17.5 Å². The molecule has 0 aromatic heterocycles. The molecule has 2 rings (SSSR count). The van der Waals surface area contributed by atoms with Gasteiger partial charge in [0.2, 0.25) is 0 Å². The Balaban J connectivity index is 2.07. The van der Waals surface area contributed by atoms with Gasteiger partial charge in [-0.05, 0) is 31.5 Å². The third-order valence-electron chi connectivity index (χ3n) is 3.26. The molecule has 1 aliphatic rings. The van der Waals surface area contributed by atoms with E-state index in [0.717, 1.165) is 12.1 Å². The van der Waals surface area contributed by atoms with Crippen LogP contribution in [0.4, 0.5) is 13.2 Å². The Labute approximate surface area is 115 Å². The zero-order valence-electron chi connectivity index (χ0n) is 11.2. The topological polar surface area (TPSA) is 44.5 Å². The first-order valence-corrected chi connectivity index (χ1v) is 6.50. The van der Waals surface area contributed by atoms with Crippen LogP contribution in [0.3, 0.4) is 0 Å². The molecule has 0 amide bonds. The predicted molar refractivity (Wildman–Crippen MR) is 68.0 cm³/mol. The maximum absolute atomic E-state index is 12.7. The molecule has 0 bridgehead atoms. The monoisotopic (exact) mass is 289 g/mol. The van der Waals surface area contributed by atoms with Gasteiger partial charge in [0.25, 0.3) is 0 Å². The average Bonchev–Trinajstić information content (AvgIpc) is 2.70. The van der Waals surface area contributed by atoms with E-state index in [1.807, 2.05) is 0 Å². The Morgan fingerprint density at radius 3 is 2.80 bits per heavy atom. The van der Waals surface area contributed by atoms with Crippen LogP contribution >= 0.6 is 0 Å². The minimum Gasteiger partial charge on any atom is -0.347 e. The highest BCUT2D eigenvalue weighted by molar-refractivity contribution is 5.26. The van der Waals surface area contributed by atoms with Crippen LogP contribution in [0.5, 0.6) is 0 Å². The smallest absolute Gasteiger partial charge is 0.347 e. The fourth-order valence-electron chi connectivity index (χ4n) is 2.34. The van der Waals surface area contributed by atoms with Crippen LogP contribution in [-0.2, 0) is 22.1 Å². The molecule has 1 aromatic carbocycles. The van der Waals surface area contributed by atoms with Crippen LogP contribution in [0.2, 0.25) is 0 Å². The molecule has 1 heterocycles. The molecule has 2 N–H and O–H groups in total. The van der Waals surface area contributed by atoms with Gasteiger partial charge < -0.3 is 15.2 Å². The first-order chi connectivity index (χ1) is 9.32. The molecule has 1 aromatic rings. The Bertz CT molecular complexity index is 464. The lowest BCUT2D eigenvalue weighted by atomic mass is 10.0. The second-order valence-electron chi connectivity index (χ2n) is 5.14. The second kappa shape index (κ2) is 5.71. The maximum atomic E-state index is 12.7. The molecule has 1 saturated heterocycles. The summed E-state index contributed by atoms with van der Waals surface area (Å²) in [6.07, 6.45) is -3.47. The lowest BCUT2D eigenvalue weighted by molar-refractivity contribution is -0.153. The van der Waals surface area contributed by atoms with E-state index in [-0.39, 0.29) is 12.5 Å².